The molecule has 0 saturated carbocycles. The molecule has 1 aromatic heterocycles. The Labute approximate surface area is 96.8 Å². The largest absolute Gasteiger partial charge is 0.496 e. The van der Waals surface area contributed by atoms with Gasteiger partial charge in [0.2, 0.25) is 0 Å². The molecule has 0 amide bonds. The van der Waals surface area contributed by atoms with Gasteiger partial charge in [-0.25, -0.2) is 4.68 Å². The molecule has 0 aliphatic heterocycles. The zero-order valence-electron chi connectivity index (χ0n) is 9.11. The number of hydrogen-bond acceptors (Lipinski definition) is 5. The van der Waals surface area contributed by atoms with E-state index in [0.29, 0.717) is 17.9 Å². The first-order valence-corrected chi connectivity index (χ1v) is 4.86. The van der Waals surface area contributed by atoms with Crippen molar-refractivity contribution in [3.05, 3.63) is 46.3 Å². The number of nitro benzene ring substituents is 1. The number of nitro groups is 1. The maximum atomic E-state index is 10.7. The fourth-order valence-electron chi connectivity index (χ4n) is 1.49. The minimum atomic E-state index is -0.440. The number of non-ortho nitro benzene ring substituents is 1. The molecular formula is C10H10N4O3. The topological polar surface area (TPSA) is 83.1 Å². The number of rotatable bonds is 4. The lowest BCUT2D eigenvalue weighted by atomic mass is 10.2. The quantitative estimate of drug-likeness (QED) is 0.587. The summed E-state index contributed by atoms with van der Waals surface area (Å²) in [7, 11) is 1.52. The Morgan fingerprint density at radius 2 is 2.35 bits per heavy atom. The number of hydrogen-bond donors (Lipinski definition) is 0. The van der Waals surface area contributed by atoms with Crippen LogP contribution in [0.15, 0.2) is 30.6 Å². The molecule has 0 radical (unpaired) electrons. The van der Waals surface area contributed by atoms with E-state index in [1.54, 1.807) is 23.1 Å². The summed E-state index contributed by atoms with van der Waals surface area (Å²) in [5.41, 5.74) is 0.716. The van der Waals surface area contributed by atoms with Crippen molar-refractivity contribution in [2.75, 3.05) is 7.11 Å². The molecule has 17 heavy (non-hydrogen) atoms. The van der Waals surface area contributed by atoms with Gasteiger partial charge in [0.25, 0.3) is 5.69 Å². The number of methoxy groups -OCH3 is 1. The van der Waals surface area contributed by atoms with Gasteiger partial charge in [0.15, 0.2) is 0 Å². The molecule has 0 spiro atoms. The standard InChI is InChI=1S/C10H10N4O3/c1-17-10-3-2-9(14(15)16)6-8(10)7-13-5-4-11-12-13/h2-6H,7H2,1H3. The van der Waals surface area contributed by atoms with E-state index in [0.717, 1.165) is 0 Å². The van der Waals surface area contributed by atoms with E-state index >= 15 is 0 Å². The van der Waals surface area contributed by atoms with Crippen molar-refractivity contribution < 1.29 is 9.66 Å². The number of ether oxygens (including phenoxy) is 1. The van der Waals surface area contributed by atoms with Crippen molar-refractivity contribution in [3.63, 3.8) is 0 Å². The van der Waals surface area contributed by atoms with Gasteiger partial charge in [0.05, 0.1) is 24.8 Å². The fraction of sp³-hybridized carbons (Fsp3) is 0.200. The maximum absolute atomic E-state index is 10.7. The molecule has 0 atom stereocenters. The predicted molar refractivity (Wildman–Crippen MR) is 58.8 cm³/mol. The second-order valence-corrected chi connectivity index (χ2v) is 3.35. The summed E-state index contributed by atoms with van der Waals surface area (Å²) < 4.78 is 6.72. The summed E-state index contributed by atoms with van der Waals surface area (Å²) in [5, 5.41) is 18.2. The zero-order chi connectivity index (χ0) is 12.3. The van der Waals surface area contributed by atoms with Gasteiger partial charge in [-0.1, -0.05) is 5.21 Å². The van der Waals surface area contributed by atoms with E-state index < -0.39 is 4.92 Å². The predicted octanol–water partition coefficient (Wildman–Crippen LogP) is 1.24. The maximum Gasteiger partial charge on any atom is 0.270 e. The highest BCUT2D eigenvalue weighted by molar-refractivity contribution is 5.43. The Kier molecular flexibility index (Phi) is 2.99. The van der Waals surface area contributed by atoms with Gasteiger partial charge >= 0.3 is 0 Å². The molecule has 1 heterocycles. The van der Waals surface area contributed by atoms with Crippen LogP contribution in [-0.2, 0) is 6.54 Å². The van der Waals surface area contributed by atoms with E-state index in [4.69, 9.17) is 4.74 Å². The molecule has 0 aliphatic carbocycles. The summed E-state index contributed by atoms with van der Waals surface area (Å²) in [6.07, 6.45) is 3.22. The number of benzene rings is 1. The second-order valence-electron chi connectivity index (χ2n) is 3.35. The van der Waals surface area contributed by atoms with Gasteiger partial charge in [-0.15, -0.1) is 5.10 Å². The first-order chi connectivity index (χ1) is 8.20. The highest BCUT2D eigenvalue weighted by Gasteiger charge is 2.11. The summed E-state index contributed by atoms with van der Waals surface area (Å²) in [5.74, 6) is 0.589. The lowest BCUT2D eigenvalue weighted by Crippen LogP contribution is -2.03. The van der Waals surface area contributed by atoms with Gasteiger partial charge in [-0.05, 0) is 6.07 Å². The van der Waals surface area contributed by atoms with E-state index in [1.165, 1.54) is 19.2 Å². The normalized spacial score (nSPS) is 10.2. The number of nitrogens with zero attached hydrogens (tertiary/aromatic N) is 4. The van der Waals surface area contributed by atoms with E-state index in [-0.39, 0.29) is 5.69 Å². The van der Waals surface area contributed by atoms with E-state index in [2.05, 4.69) is 10.3 Å². The summed E-state index contributed by atoms with van der Waals surface area (Å²) in [4.78, 5) is 10.2. The Morgan fingerprint density at radius 1 is 1.53 bits per heavy atom. The molecule has 7 nitrogen and oxygen atoms in total. The van der Waals surface area contributed by atoms with Crippen LogP contribution < -0.4 is 4.74 Å². The van der Waals surface area contributed by atoms with Crippen molar-refractivity contribution in [3.8, 4) is 5.75 Å². The molecule has 0 bridgehead atoms. The van der Waals surface area contributed by atoms with Crippen LogP contribution in [0.1, 0.15) is 5.56 Å². The van der Waals surface area contributed by atoms with Crippen LogP contribution in [0.4, 0.5) is 5.69 Å². The molecular weight excluding hydrogens is 224 g/mol. The van der Waals surface area contributed by atoms with Crippen LogP contribution >= 0.6 is 0 Å². The third-order valence-electron chi connectivity index (χ3n) is 2.28. The van der Waals surface area contributed by atoms with Crippen molar-refractivity contribution in [2.45, 2.75) is 6.54 Å². The molecule has 1 aromatic carbocycles. The van der Waals surface area contributed by atoms with Crippen LogP contribution in [-0.4, -0.2) is 27.0 Å². The van der Waals surface area contributed by atoms with Crippen LogP contribution in [0, 0.1) is 10.1 Å². The van der Waals surface area contributed by atoms with Crippen molar-refractivity contribution in [1.82, 2.24) is 15.0 Å². The van der Waals surface area contributed by atoms with Crippen molar-refractivity contribution in [1.29, 1.82) is 0 Å². The van der Waals surface area contributed by atoms with E-state index in [9.17, 15) is 10.1 Å². The summed E-state index contributed by atoms with van der Waals surface area (Å²) >= 11 is 0. The minimum Gasteiger partial charge on any atom is -0.496 e. The molecule has 2 rings (SSSR count). The van der Waals surface area contributed by atoms with Gasteiger partial charge in [-0.3, -0.25) is 10.1 Å². The highest BCUT2D eigenvalue weighted by atomic mass is 16.6. The monoisotopic (exact) mass is 234 g/mol. The molecule has 0 unspecified atom stereocenters. The Morgan fingerprint density at radius 3 is 2.94 bits per heavy atom. The van der Waals surface area contributed by atoms with Gasteiger partial charge < -0.3 is 4.74 Å². The Bertz CT molecular complexity index is 524. The second kappa shape index (κ2) is 4.60. The van der Waals surface area contributed by atoms with Crippen molar-refractivity contribution >= 4 is 5.69 Å². The molecule has 7 heteroatoms. The minimum absolute atomic E-state index is 0.0286. The molecule has 88 valence electrons. The molecule has 0 saturated heterocycles. The van der Waals surface area contributed by atoms with Crippen LogP contribution in [0.25, 0.3) is 0 Å². The fourth-order valence-corrected chi connectivity index (χ4v) is 1.49. The third-order valence-corrected chi connectivity index (χ3v) is 2.28. The van der Waals surface area contributed by atoms with Gasteiger partial charge in [0, 0.05) is 23.9 Å². The first kappa shape index (κ1) is 11.1. The average Bonchev–Trinajstić information content (AvgIpc) is 2.81. The average molecular weight is 234 g/mol. The smallest absolute Gasteiger partial charge is 0.270 e. The highest BCUT2D eigenvalue weighted by Crippen LogP contribution is 2.24. The van der Waals surface area contributed by atoms with Gasteiger partial charge in [-0.2, -0.15) is 0 Å². The molecule has 0 fully saturated rings. The molecule has 0 N–H and O–H groups in total. The SMILES string of the molecule is COc1ccc([N+](=O)[O-])cc1Cn1ccnn1. The first-order valence-electron chi connectivity index (χ1n) is 4.86. The third kappa shape index (κ3) is 2.39. The summed E-state index contributed by atoms with van der Waals surface area (Å²) in [6.45, 7) is 0.380. The van der Waals surface area contributed by atoms with Gasteiger partial charge in [0.1, 0.15) is 5.75 Å². The Balaban J connectivity index is 2.35. The molecule has 0 aliphatic rings. The van der Waals surface area contributed by atoms with Crippen molar-refractivity contribution in [2.24, 2.45) is 0 Å². The van der Waals surface area contributed by atoms with Crippen LogP contribution in [0.2, 0.25) is 0 Å². The number of aromatic nitrogens is 3. The lowest BCUT2D eigenvalue weighted by Gasteiger charge is -2.07. The lowest BCUT2D eigenvalue weighted by molar-refractivity contribution is -0.384. The molecule has 2 aromatic rings. The zero-order valence-corrected chi connectivity index (χ0v) is 9.11. The Hall–Kier alpha value is -2.44. The van der Waals surface area contributed by atoms with Crippen LogP contribution in [0.3, 0.4) is 0 Å². The van der Waals surface area contributed by atoms with E-state index in [1.807, 2.05) is 0 Å². The summed E-state index contributed by atoms with van der Waals surface area (Å²) in [6, 6.07) is 4.45. The van der Waals surface area contributed by atoms with Crippen LogP contribution in [0.5, 0.6) is 5.75 Å².